The van der Waals surface area contributed by atoms with Crippen molar-refractivity contribution in [2.75, 3.05) is 6.61 Å². The molecule has 5 rings (SSSR count). The van der Waals surface area contributed by atoms with Crippen LogP contribution in [0.5, 0.6) is 5.75 Å². The smallest absolute Gasteiger partial charge is 0.416 e. The molecule has 0 N–H and O–H groups in total. The summed E-state index contributed by atoms with van der Waals surface area (Å²) >= 11 is 0. The standard InChI is InChI=1S/C26H19F4N3O3S/c27-25-8-3-16(14-31-25)23-12-17(26(28,29)30)4-6-20(23)21-9-11-36-24-13-19(5-7-22(21)24)37(34,35)15-18-2-1-10-32-33-18/h1-8,10,12-14,21H,9,11,15H2/t21-/m0/s1. The Balaban J connectivity index is 1.56. The van der Waals surface area contributed by atoms with E-state index in [1.807, 2.05) is 0 Å². The number of sulfone groups is 1. The lowest BCUT2D eigenvalue weighted by Crippen LogP contribution is -2.17. The first-order chi connectivity index (χ1) is 17.6. The molecule has 1 aliphatic rings. The van der Waals surface area contributed by atoms with Crippen molar-refractivity contribution in [1.82, 2.24) is 15.2 Å². The second-order valence-electron chi connectivity index (χ2n) is 8.53. The zero-order chi connectivity index (χ0) is 26.2. The summed E-state index contributed by atoms with van der Waals surface area (Å²) in [6.45, 7) is 0.230. The van der Waals surface area contributed by atoms with Crippen LogP contribution in [-0.2, 0) is 21.8 Å². The highest BCUT2D eigenvalue weighted by molar-refractivity contribution is 7.90. The summed E-state index contributed by atoms with van der Waals surface area (Å²) in [6.07, 6.45) is -1.48. The zero-order valence-corrected chi connectivity index (χ0v) is 19.9. The van der Waals surface area contributed by atoms with Crippen LogP contribution in [0.15, 0.2) is 78.0 Å². The Morgan fingerprint density at radius 3 is 2.51 bits per heavy atom. The van der Waals surface area contributed by atoms with Gasteiger partial charge in [-0.3, -0.25) is 0 Å². The van der Waals surface area contributed by atoms with Crippen molar-refractivity contribution in [2.24, 2.45) is 0 Å². The summed E-state index contributed by atoms with van der Waals surface area (Å²) in [4.78, 5) is 3.64. The van der Waals surface area contributed by atoms with Crippen LogP contribution >= 0.6 is 0 Å². The van der Waals surface area contributed by atoms with E-state index in [0.717, 1.165) is 18.2 Å². The molecule has 0 spiro atoms. The maximum atomic E-state index is 13.5. The second-order valence-corrected chi connectivity index (χ2v) is 10.5. The van der Waals surface area contributed by atoms with E-state index in [2.05, 4.69) is 15.2 Å². The van der Waals surface area contributed by atoms with Gasteiger partial charge in [0.1, 0.15) is 5.75 Å². The summed E-state index contributed by atoms with van der Waals surface area (Å²) in [7, 11) is -3.76. The van der Waals surface area contributed by atoms with E-state index in [-0.39, 0.29) is 28.7 Å². The molecule has 0 amide bonds. The minimum atomic E-state index is -4.57. The van der Waals surface area contributed by atoms with E-state index in [1.165, 1.54) is 36.7 Å². The van der Waals surface area contributed by atoms with Gasteiger partial charge in [-0.1, -0.05) is 12.1 Å². The molecule has 0 saturated carbocycles. The fourth-order valence-electron chi connectivity index (χ4n) is 4.40. The molecule has 190 valence electrons. The number of aromatic nitrogens is 3. The minimum Gasteiger partial charge on any atom is -0.493 e. The number of hydrogen-bond acceptors (Lipinski definition) is 6. The first-order valence-electron chi connectivity index (χ1n) is 11.2. The molecule has 37 heavy (non-hydrogen) atoms. The van der Waals surface area contributed by atoms with E-state index >= 15 is 0 Å². The Kier molecular flexibility index (Phi) is 6.40. The van der Waals surface area contributed by atoms with Gasteiger partial charge in [0.05, 0.1) is 28.5 Å². The third kappa shape index (κ3) is 5.17. The Bertz CT molecular complexity index is 1540. The monoisotopic (exact) mass is 529 g/mol. The van der Waals surface area contributed by atoms with Crippen LogP contribution in [-0.4, -0.2) is 30.2 Å². The second kappa shape index (κ2) is 9.55. The third-order valence-electron chi connectivity index (χ3n) is 6.14. The van der Waals surface area contributed by atoms with E-state index < -0.39 is 27.5 Å². The van der Waals surface area contributed by atoms with E-state index in [1.54, 1.807) is 18.2 Å². The largest absolute Gasteiger partial charge is 0.493 e. The lowest BCUT2D eigenvalue weighted by Gasteiger charge is -2.29. The molecule has 0 unspecified atom stereocenters. The maximum Gasteiger partial charge on any atom is 0.416 e. The van der Waals surface area contributed by atoms with Crippen molar-refractivity contribution in [3.63, 3.8) is 0 Å². The average molecular weight is 530 g/mol. The van der Waals surface area contributed by atoms with Crippen LogP contribution < -0.4 is 4.74 Å². The van der Waals surface area contributed by atoms with E-state index in [9.17, 15) is 26.0 Å². The Labute approximate surface area is 209 Å². The molecule has 0 saturated heterocycles. The molecule has 0 radical (unpaired) electrons. The van der Waals surface area contributed by atoms with Gasteiger partial charge in [0, 0.05) is 29.4 Å². The molecule has 1 aliphatic heterocycles. The maximum absolute atomic E-state index is 13.5. The Morgan fingerprint density at radius 2 is 1.81 bits per heavy atom. The van der Waals surface area contributed by atoms with Crippen LogP contribution in [0.2, 0.25) is 0 Å². The summed E-state index contributed by atoms with van der Waals surface area (Å²) < 4.78 is 85.7. The van der Waals surface area contributed by atoms with Gasteiger partial charge >= 0.3 is 6.18 Å². The van der Waals surface area contributed by atoms with Gasteiger partial charge in [0.2, 0.25) is 5.95 Å². The van der Waals surface area contributed by atoms with Gasteiger partial charge in [-0.2, -0.15) is 27.8 Å². The molecule has 4 aromatic rings. The number of hydrogen-bond donors (Lipinski definition) is 0. The van der Waals surface area contributed by atoms with Crippen molar-refractivity contribution in [3.05, 3.63) is 101 Å². The fraction of sp³-hybridized carbons (Fsp3) is 0.192. The average Bonchev–Trinajstić information content (AvgIpc) is 2.88. The molecule has 2 aromatic carbocycles. The zero-order valence-electron chi connectivity index (χ0n) is 19.1. The van der Waals surface area contributed by atoms with Crippen LogP contribution in [0.4, 0.5) is 17.6 Å². The summed E-state index contributed by atoms with van der Waals surface area (Å²) in [5.41, 5.74) is 1.26. The van der Waals surface area contributed by atoms with Gasteiger partial charge in [0.25, 0.3) is 0 Å². The molecule has 0 aliphatic carbocycles. The van der Waals surface area contributed by atoms with Crippen LogP contribution in [0.1, 0.15) is 34.7 Å². The fourth-order valence-corrected chi connectivity index (χ4v) is 5.67. The number of halogens is 4. The van der Waals surface area contributed by atoms with E-state index in [4.69, 9.17) is 4.74 Å². The molecule has 0 bridgehead atoms. The van der Waals surface area contributed by atoms with Crippen LogP contribution in [0.25, 0.3) is 11.1 Å². The Morgan fingerprint density at radius 1 is 1.00 bits per heavy atom. The van der Waals surface area contributed by atoms with Crippen molar-refractivity contribution in [2.45, 2.75) is 29.2 Å². The highest BCUT2D eigenvalue weighted by atomic mass is 32.2. The van der Waals surface area contributed by atoms with Gasteiger partial charge in [-0.05, 0) is 66.1 Å². The minimum absolute atomic E-state index is 0.0351. The normalized spacial score (nSPS) is 15.6. The number of fused-ring (bicyclic) bond motifs is 1. The lowest BCUT2D eigenvalue weighted by atomic mass is 9.82. The number of pyridine rings is 1. The predicted octanol–water partition coefficient (Wildman–Crippen LogP) is 5.58. The van der Waals surface area contributed by atoms with Crippen LogP contribution in [0.3, 0.4) is 0 Å². The predicted molar refractivity (Wildman–Crippen MR) is 126 cm³/mol. The van der Waals surface area contributed by atoms with Gasteiger partial charge in [-0.15, -0.1) is 0 Å². The molecule has 2 aromatic heterocycles. The number of ether oxygens (including phenoxy) is 1. The third-order valence-corrected chi connectivity index (χ3v) is 7.79. The SMILES string of the molecule is O=S(=O)(Cc1cccnn1)c1ccc2c(c1)OCC[C@H]2c1ccc(C(F)(F)F)cc1-c1ccc(F)nc1. The number of nitrogens with zero attached hydrogens (tertiary/aromatic N) is 3. The van der Waals surface area contributed by atoms with Gasteiger partial charge in [0.15, 0.2) is 9.84 Å². The summed E-state index contributed by atoms with van der Waals surface area (Å²) in [5.74, 6) is -1.14. The summed E-state index contributed by atoms with van der Waals surface area (Å²) in [5, 5.41) is 7.53. The number of benzene rings is 2. The van der Waals surface area contributed by atoms with Crippen molar-refractivity contribution < 1.29 is 30.7 Å². The number of alkyl halides is 3. The molecule has 0 fully saturated rings. The lowest BCUT2D eigenvalue weighted by molar-refractivity contribution is -0.137. The van der Waals surface area contributed by atoms with E-state index in [0.29, 0.717) is 34.6 Å². The molecule has 6 nitrogen and oxygen atoms in total. The molecule has 11 heteroatoms. The Hall–Kier alpha value is -3.86. The number of rotatable bonds is 5. The summed E-state index contributed by atoms with van der Waals surface area (Å²) in [6, 6.07) is 13.6. The molecular formula is C26H19F4N3O3S. The molecule has 1 atom stereocenters. The van der Waals surface area contributed by atoms with Crippen LogP contribution in [0, 0.1) is 5.95 Å². The molecule has 3 heterocycles. The van der Waals surface area contributed by atoms with Crippen molar-refractivity contribution in [3.8, 4) is 16.9 Å². The van der Waals surface area contributed by atoms with Crippen molar-refractivity contribution in [1.29, 1.82) is 0 Å². The van der Waals surface area contributed by atoms with Gasteiger partial charge in [-0.25, -0.2) is 13.4 Å². The first kappa shape index (κ1) is 24.8. The highest BCUT2D eigenvalue weighted by Crippen LogP contribution is 2.44. The van der Waals surface area contributed by atoms with Crippen molar-refractivity contribution >= 4 is 9.84 Å². The van der Waals surface area contributed by atoms with Gasteiger partial charge < -0.3 is 4.74 Å². The first-order valence-corrected chi connectivity index (χ1v) is 12.9. The highest BCUT2D eigenvalue weighted by Gasteiger charge is 2.33. The molecular weight excluding hydrogens is 510 g/mol. The quantitative estimate of drug-likeness (QED) is 0.248. The topological polar surface area (TPSA) is 82.0 Å².